The van der Waals surface area contributed by atoms with E-state index in [1.807, 2.05) is 6.26 Å². The maximum Gasteiger partial charge on any atom is 0.524 e. The monoisotopic (exact) mass is 658 g/mol. The van der Waals surface area contributed by atoms with E-state index in [1.165, 1.54) is 47.9 Å². The molecule has 6 amide bonds. The number of phosphoric ester groups is 1. The molecule has 1 aliphatic heterocycles. The number of rotatable bonds is 17. The summed E-state index contributed by atoms with van der Waals surface area (Å²) in [6, 6.07) is 1.31. The van der Waals surface area contributed by atoms with Crippen molar-refractivity contribution in [2.75, 3.05) is 18.6 Å². The molecule has 18 heteroatoms. The number of likely N-dealkylation sites (tertiary alicyclic amines) is 1. The Morgan fingerprint density at radius 1 is 1.02 bits per heavy atom. The second-order valence-electron chi connectivity index (χ2n) is 10.2. The Labute approximate surface area is 258 Å². The highest BCUT2D eigenvalue weighted by Gasteiger charge is 2.39. The largest absolute Gasteiger partial charge is 0.524 e. The Balaban J connectivity index is 2.19. The molecule has 244 valence electrons. The predicted molar refractivity (Wildman–Crippen MR) is 160 cm³/mol. The lowest BCUT2D eigenvalue weighted by atomic mass is 10.0. The topological polar surface area (TPSA) is 261 Å². The minimum Gasteiger partial charge on any atom is -0.404 e. The lowest BCUT2D eigenvalue weighted by molar-refractivity contribution is -0.142. The smallest absolute Gasteiger partial charge is 0.404 e. The Morgan fingerprint density at radius 3 is 2.23 bits per heavy atom. The number of hydrogen-bond donors (Lipinski definition) is 7. The van der Waals surface area contributed by atoms with Crippen LogP contribution in [-0.2, 0) is 39.8 Å². The summed E-state index contributed by atoms with van der Waals surface area (Å²) in [5, 5.41) is 7.76. The van der Waals surface area contributed by atoms with Gasteiger partial charge in [-0.3, -0.25) is 38.6 Å². The number of carbonyl (C=O) groups excluding carboxylic acids is 6. The van der Waals surface area contributed by atoms with Crippen LogP contribution < -0.4 is 31.9 Å². The Kier molecular flexibility index (Phi) is 14.1. The van der Waals surface area contributed by atoms with Crippen molar-refractivity contribution in [1.82, 2.24) is 20.9 Å². The maximum atomic E-state index is 13.7. The van der Waals surface area contributed by atoms with Crippen LogP contribution in [0.15, 0.2) is 24.3 Å². The standard InChI is InChI=1S/C26H39N6O10PS/c1-15(33)29-20(14-16-5-7-17(8-6-16)42-43(39,40)41)24(36)31-19(11-13-44-2)26(38)32-12-3-4-21(32)25(37)30-18(23(28)35)9-10-22(27)34/h5-8,18-21H,3-4,9-14H2,1-2H3,(H2,27,34)(H2,28,35)(H,29,33)(H,30,37)(H,31,36)(H2,39,40,41)/t18-,19-,20-,21-/m0/s1. The van der Waals surface area contributed by atoms with E-state index in [0.29, 0.717) is 24.2 Å². The highest BCUT2D eigenvalue weighted by molar-refractivity contribution is 7.98. The average Bonchev–Trinajstić information content (AvgIpc) is 3.42. The van der Waals surface area contributed by atoms with Gasteiger partial charge in [0.2, 0.25) is 35.4 Å². The van der Waals surface area contributed by atoms with Gasteiger partial charge < -0.3 is 36.8 Å². The second-order valence-corrected chi connectivity index (χ2v) is 12.3. The Bertz CT molecular complexity index is 1260. The van der Waals surface area contributed by atoms with Crippen LogP contribution >= 0.6 is 19.6 Å². The van der Waals surface area contributed by atoms with Crippen LogP contribution in [0.3, 0.4) is 0 Å². The Morgan fingerprint density at radius 2 is 1.68 bits per heavy atom. The van der Waals surface area contributed by atoms with Gasteiger partial charge in [0.25, 0.3) is 0 Å². The van der Waals surface area contributed by atoms with Crippen molar-refractivity contribution in [1.29, 1.82) is 0 Å². The van der Waals surface area contributed by atoms with E-state index in [0.717, 1.165) is 0 Å². The van der Waals surface area contributed by atoms with Gasteiger partial charge in [0.05, 0.1) is 0 Å². The number of hydrogen-bond acceptors (Lipinski definition) is 9. The molecule has 44 heavy (non-hydrogen) atoms. The predicted octanol–water partition coefficient (Wildman–Crippen LogP) is -1.33. The van der Waals surface area contributed by atoms with Gasteiger partial charge in [-0.2, -0.15) is 11.8 Å². The summed E-state index contributed by atoms with van der Waals surface area (Å²) in [5.41, 5.74) is 11.0. The first-order chi connectivity index (χ1) is 20.6. The molecule has 1 aromatic carbocycles. The van der Waals surface area contributed by atoms with Crippen molar-refractivity contribution < 1.29 is 47.6 Å². The highest BCUT2D eigenvalue weighted by Crippen LogP contribution is 2.37. The van der Waals surface area contributed by atoms with Crippen molar-refractivity contribution in [3.8, 4) is 5.75 Å². The molecule has 1 aromatic rings. The van der Waals surface area contributed by atoms with Crippen molar-refractivity contribution >= 4 is 55.0 Å². The highest BCUT2D eigenvalue weighted by atomic mass is 32.2. The van der Waals surface area contributed by atoms with Gasteiger partial charge in [-0.1, -0.05) is 12.1 Å². The Hall–Kier alpha value is -3.66. The van der Waals surface area contributed by atoms with Crippen molar-refractivity contribution in [2.24, 2.45) is 11.5 Å². The number of primary amides is 2. The lowest BCUT2D eigenvalue weighted by Gasteiger charge is -2.30. The zero-order valence-electron chi connectivity index (χ0n) is 24.4. The minimum absolute atomic E-state index is 0.0143. The zero-order chi connectivity index (χ0) is 33.0. The average molecular weight is 659 g/mol. The number of amides is 6. The third-order valence-corrected chi connectivity index (χ3v) is 7.78. The number of carbonyl (C=O) groups is 6. The summed E-state index contributed by atoms with van der Waals surface area (Å²) < 4.78 is 15.6. The number of nitrogens with two attached hydrogens (primary N) is 2. The third-order valence-electron chi connectivity index (χ3n) is 6.68. The summed E-state index contributed by atoms with van der Waals surface area (Å²) in [5.74, 6) is -3.42. The minimum atomic E-state index is -4.76. The van der Waals surface area contributed by atoms with E-state index < -0.39 is 67.4 Å². The molecule has 0 aliphatic carbocycles. The summed E-state index contributed by atoms with van der Waals surface area (Å²) in [7, 11) is -4.76. The first-order valence-corrected chi connectivity index (χ1v) is 16.6. The summed E-state index contributed by atoms with van der Waals surface area (Å²) in [4.78, 5) is 94.3. The number of thioether (sulfide) groups is 1. The van der Waals surface area contributed by atoms with Crippen LogP contribution in [0.1, 0.15) is 44.6 Å². The van der Waals surface area contributed by atoms with E-state index in [1.54, 1.807) is 0 Å². The fourth-order valence-corrected chi connectivity index (χ4v) is 5.49. The molecule has 1 fully saturated rings. The third kappa shape index (κ3) is 12.1. The van der Waals surface area contributed by atoms with Gasteiger partial charge in [-0.05, 0) is 55.4 Å². The van der Waals surface area contributed by atoms with Crippen molar-refractivity contribution in [3.63, 3.8) is 0 Å². The van der Waals surface area contributed by atoms with Crippen molar-refractivity contribution in [2.45, 2.75) is 69.6 Å². The fraction of sp³-hybridized carbons (Fsp3) is 0.538. The molecule has 0 unspecified atom stereocenters. The van der Waals surface area contributed by atoms with Gasteiger partial charge >= 0.3 is 7.82 Å². The fourth-order valence-electron chi connectivity index (χ4n) is 4.62. The van der Waals surface area contributed by atoms with Gasteiger partial charge in [0, 0.05) is 26.3 Å². The van der Waals surface area contributed by atoms with E-state index in [9.17, 15) is 33.3 Å². The zero-order valence-corrected chi connectivity index (χ0v) is 26.1. The molecule has 0 saturated carbocycles. The molecule has 0 aromatic heterocycles. The van der Waals surface area contributed by atoms with Gasteiger partial charge in [0.15, 0.2) is 0 Å². The van der Waals surface area contributed by atoms with Crippen molar-refractivity contribution in [3.05, 3.63) is 29.8 Å². The van der Waals surface area contributed by atoms with Crippen LogP contribution in [0, 0.1) is 0 Å². The van der Waals surface area contributed by atoms with Crippen LogP contribution in [0.25, 0.3) is 0 Å². The van der Waals surface area contributed by atoms with E-state index >= 15 is 0 Å². The summed E-state index contributed by atoms with van der Waals surface area (Å²) >= 11 is 1.44. The second kappa shape index (κ2) is 17.0. The van der Waals surface area contributed by atoms with Crippen LogP contribution in [0.5, 0.6) is 5.75 Å². The molecule has 0 bridgehead atoms. The molecule has 1 heterocycles. The molecule has 0 spiro atoms. The maximum absolute atomic E-state index is 13.7. The molecular weight excluding hydrogens is 619 g/mol. The lowest BCUT2D eigenvalue weighted by Crippen LogP contribution is -2.58. The normalized spacial score (nSPS) is 16.7. The summed E-state index contributed by atoms with van der Waals surface area (Å²) in [6.45, 7) is 1.45. The number of nitrogens with one attached hydrogen (secondary N) is 3. The van der Waals surface area contributed by atoms with Crippen LogP contribution in [0.2, 0.25) is 0 Å². The quantitative estimate of drug-likeness (QED) is 0.0965. The van der Waals surface area contributed by atoms with Crippen LogP contribution in [-0.4, -0.2) is 92.9 Å². The first kappa shape index (κ1) is 36.5. The van der Waals surface area contributed by atoms with Gasteiger partial charge in [0.1, 0.15) is 29.9 Å². The van der Waals surface area contributed by atoms with Gasteiger partial charge in [-0.25, -0.2) is 4.57 Å². The number of nitrogens with zero attached hydrogens (tertiary/aromatic N) is 1. The van der Waals surface area contributed by atoms with E-state index in [2.05, 4.69) is 20.5 Å². The summed E-state index contributed by atoms with van der Waals surface area (Å²) in [6.07, 6.45) is 2.56. The molecule has 9 N–H and O–H groups in total. The van der Waals surface area contributed by atoms with Crippen LogP contribution in [0.4, 0.5) is 0 Å². The number of phosphoric acid groups is 1. The molecule has 1 aliphatic rings. The molecule has 16 nitrogen and oxygen atoms in total. The molecule has 1 saturated heterocycles. The number of benzene rings is 1. The molecular formula is C26H39N6O10PS. The SMILES string of the molecule is CSCC[C@H](NC(=O)[C@H](Cc1ccc(OP(=O)(O)O)cc1)NC(C)=O)C(=O)N1CCC[C@H]1C(=O)N[C@@H](CCC(N)=O)C(N)=O. The molecule has 2 rings (SSSR count). The first-order valence-electron chi connectivity index (χ1n) is 13.7. The molecule has 4 atom stereocenters. The van der Waals surface area contributed by atoms with Gasteiger partial charge in [-0.15, -0.1) is 0 Å². The van der Waals surface area contributed by atoms with E-state index in [4.69, 9.17) is 21.3 Å². The molecule has 0 radical (unpaired) electrons. The van der Waals surface area contributed by atoms with E-state index in [-0.39, 0.29) is 38.0 Å².